The van der Waals surface area contributed by atoms with Crippen molar-refractivity contribution in [1.82, 2.24) is 0 Å². The first-order valence-electron chi connectivity index (χ1n) is 5.57. The highest BCUT2D eigenvalue weighted by Crippen LogP contribution is 2.36. The average molecular weight is 217 g/mol. The van der Waals surface area contributed by atoms with E-state index in [2.05, 4.69) is 0 Å². The first-order valence-corrected chi connectivity index (χ1v) is 5.95. The van der Waals surface area contributed by atoms with Crippen molar-refractivity contribution in [3.8, 4) is 0 Å². The Kier molecular flexibility index (Phi) is 4.46. The minimum atomic E-state index is -0.438. The summed E-state index contributed by atoms with van der Waals surface area (Å²) in [6, 6.07) is 0. The van der Waals surface area contributed by atoms with Crippen molar-refractivity contribution < 1.29 is 5.11 Å². The minimum absolute atomic E-state index is 0.438. The van der Waals surface area contributed by atoms with Gasteiger partial charge in [0.15, 0.2) is 0 Å². The molecule has 1 nitrogen and oxygen atoms in total. The Morgan fingerprint density at radius 2 is 2.29 bits per heavy atom. The predicted octanol–water partition coefficient (Wildman–Crippen LogP) is 3.85. The van der Waals surface area contributed by atoms with Gasteiger partial charge in [-0.05, 0) is 45.4 Å². The first kappa shape index (κ1) is 12.1. The summed E-state index contributed by atoms with van der Waals surface area (Å²) in [4.78, 5) is 0. The van der Waals surface area contributed by atoms with Crippen LogP contribution in [0.1, 0.15) is 52.4 Å². The Morgan fingerprint density at radius 3 is 2.86 bits per heavy atom. The van der Waals surface area contributed by atoms with E-state index in [1.807, 2.05) is 19.9 Å². The fourth-order valence-corrected chi connectivity index (χ4v) is 2.44. The van der Waals surface area contributed by atoms with Gasteiger partial charge in [-0.15, -0.1) is 0 Å². The van der Waals surface area contributed by atoms with E-state index < -0.39 is 5.60 Å². The number of hydrogen-bond acceptors (Lipinski definition) is 1. The standard InChI is InChI=1S/C12H21ClO/c1-10(13)6-5-8-11-7-3-4-9-12(11,2)14/h6,11,14H,3-5,7-9H2,1-2H3/b10-6-. The summed E-state index contributed by atoms with van der Waals surface area (Å²) >= 11 is 5.77. The summed E-state index contributed by atoms with van der Waals surface area (Å²) in [6.45, 7) is 3.88. The fourth-order valence-electron chi connectivity index (χ4n) is 2.33. The van der Waals surface area contributed by atoms with Crippen molar-refractivity contribution in [2.24, 2.45) is 5.92 Å². The van der Waals surface area contributed by atoms with Crippen molar-refractivity contribution in [2.75, 3.05) is 0 Å². The number of aliphatic hydroxyl groups is 1. The highest BCUT2D eigenvalue weighted by molar-refractivity contribution is 6.29. The molecule has 1 saturated carbocycles. The summed E-state index contributed by atoms with van der Waals surface area (Å²) < 4.78 is 0. The quantitative estimate of drug-likeness (QED) is 0.760. The van der Waals surface area contributed by atoms with Gasteiger partial charge in [-0.1, -0.05) is 30.5 Å². The lowest BCUT2D eigenvalue weighted by Gasteiger charge is -2.37. The van der Waals surface area contributed by atoms with E-state index in [0.717, 1.165) is 24.3 Å². The molecule has 82 valence electrons. The number of hydrogen-bond donors (Lipinski definition) is 1. The van der Waals surface area contributed by atoms with E-state index in [4.69, 9.17) is 11.6 Å². The molecule has 0 radical (unpaired) electrons. The third-order valence-corrected chi connectivity index (χ3v) is 3.46. The van der Waals surface area contributed by atoms with Crippen LogP contribution in [0.3, 0.4) is 0 Å². The van der Waals surface area contributed by atoms with Crippen molar-refractivity contribution >= 4 is 11.6 Å². The molecule has 0 heterocycles. The van der Waals surface area contributed by atoms with Gasteiger partial charge in [-0.3, -0.25) is 0 Å². The van der Waals surface area contributed by atoms with Crippen molar-refractivity contribution in [1.29, 1.82) is 0 Å². The molecule has 1 aliphatic carbocycles. The van der Waals surface area contributed by atoms with Crippen LogP contribution in [-0.2, 0) is 0 Å². The largest absolute Gasteiger partial charge is 0.390 e. The van der Waals surface area contributed by atoms with E-state index in [0.29, 0.717) is 5.92 Å². The Morgan fingerprint density at radius 1 is 1.57 bits per heavy atom. The highest BCUT2D eigenvalue weighted by Gasteiger charge is 2.33. The Bertz CT molecular complexity index is 204. The van der Waals surface area contributed by atoms with Crippen LogP contribution < -0.4 is 0 Å². The first-order chi connectivity index (χ1) is 6.52. The predicted molar refractivity (Wildman–Crippen MR) is 61.4 cm³/mol. The molecule has 0 aromatic carbocycles. The van der Waals surface area contributed by atoms with Crippen molar-refractivity contribution in [3.05, 3.63) is 11.1 Å². The second kappa shape index (κ2) is 5.18. The van der Waals surface area contributed by atoms with Gasteiger partial charge in [0.2, 0.25) is 0 Å². The number of allylic oxidation sites excluding steroid dienone is 2. The van der Waals surface area contributed by atoms with Gasteiger partial charge in [-0.25, -0.2) is 0 Å². The van der Waals surface area contributed by atoms with Gasteiger partial charge in [0.05, 0.1) is 5.60 Å². The van der Waals surface area contributed by atoms with Crippen LogP contribution in [0.15, 0.2) is 11.1 Å². The van der Waals surface area contributed by atoms with Gasteiger partial charge in [0, 0.05) is 5.03 Å². The summed E-state index contributed by atoms with van der Waals surface area (Å²) in [5, 5.41) is 11.0. The molecular formula is C12H21ClO. The van der Waals surface area contributed by atoms with E-state index in [-0.39, 0.29) is 0 Å². The van der Waals surface area contributed by atoms with Crippen molar-refractivity contribution in [3.63, 3.8) is 0 Å². The molecule has 1 N–H and O–H groups in total. The van der Waals surface area contributed by atoms with Crippen LogP contribution in [0.25, 0.3) is 0 Å². The maximum absolute atomic E-state index is 10.1. The topological polar surface area (TPSA) is 20.2 Å². The molecule has 2 atom stereocenters. The fraction of sp³-hybridized carbons (Fsp3) is 0.833. The SMILES string of the molecule is C/C(Cl)=C/CCC1CCCCC1(C)O. The molecule has 1 fully saturated rings. The summed E-state index contributed by atoms with van der Waals surface area (Å²) in [7, 11) is 0. The molecule has 0 spiro atoms. The van der Waals surface area contributed by atoms with Gasteiger partial charge in [0.1, 0.15) is 0 Å². The minimum Gasteiger partial charge on any atom is -0.390 e. The second-order valence-corrected chi connectivity index (χ2v) is 5.26. The zero-order chi connectivity index (χ0) is 10.6. The molecule has 14 heavy (non-hydrogen) atoms. The van der Waals surface area contributed by atoms with E-state index in [9.17, 15) is 5.11 Å². The van der Waals surface area contributed by atoms with Crippen LogP contribution in [0, 0.1) is 5.92 Å². The maximum atomic E-state index is 10.1. The smallest absolute Gasteiger partial charge is 0.0647 e. The molecule has 0 aliphatic heterocycles. The average Bonchev–Trinajstić information content (AvgIpc) is 2.07. The van der Waals surface area contributed by atoms with Gasteiger partial charge in [-0.2, -0.15) is 0 Å². The monoisotopic (exact) mass is 216 g/mol. The van der Waals surface area contributed by atoms with Gasteiger partial charge in [0.25, 0.3) is 0 Å². The Balaban J connectivity index is 2.38. The van der Waals surface area contributed by atoms with Crippen LogP contribution in [0.2, 0.25) is 0 Å². The normalized spacial score (nSPS) is 34.6. The molecule has 0 amide bonds. The lowest BCUT2D eigenvalue weighted by Crippen LogP contribution is -2.37. The molecule has 0 aromatic heterocycles. The Labute approximate surface area is 92.2 Å². The third kappa shape index (κ3) is 3.62. The van der Waals surface area contributed by atoms with Crippen LogP contribution in [0.5, 0.6) is 0 Å². The van der Waals surface area contributed by atoms with Crippen LogP contribution in [0.4, 0.5) is 0 Å². The highest BCUT2D eigenvalue weighted by atomic mass is 35.5. The molecule has 0 aromatic rings. The van der Waals surface area contributed by atoms with Crippen molar-refractivity contribution in [2.45, 2.75) is 58.0 Å². The van der Waals surface area contributed by atoms with Crippen LogP contribution in [-0.4, -0.2) is 10.7 Å². The Hall–Kier alpha value is -0.0100. The summed E-state index contributed by atoms with van der Waals surface area (Å²) in [5.41, 5.74) is -0.438. The second-order valence-electron chi connectivity index (χ2n) is 4.67. The molecule has 1 rings (SSSR count). The third-order valence-electron chi connectivity index (χ3n) is 3.31. The molecule has 0 bridgehead atoms. The number of halogens is 1. The summed E-state index contributed by atoms with van der Waals surface area (Å²) in [5.74, 6) is 0.462. The zero-order valence-electron chi connectivity index (χ0n) is 9.22. The van der Waals surface area contributed by atoms with E-state index >= 15 is 0 Å². The molecule has 1 aliphatic rings. The summed E-state index contributed by atoms with van der Waals surface area (Å²) in [6.07, 6.45) is 8.68. The van der Waals surface area contributed by atoms with E-state index in [1.165, 1.54) is 19.3 Å². The molecule has 2 heteroatoms. The molecule has 2 unspecified atom stereocenters. The molecule has 0 saturated heterocycles. The zero-order valence-corrected chi connectivity index (χ0v) is 9.98. The van der Waals surface area contributed by atoms with Gasteiger partial charge < -0.3 is 5.11 Å². The lowest BCUT2D eigenvalue weighted by atomic mass is 9.74. The lowest BCUT2D eigenvalue weighted by molar-refractivity contribution is -0.0344. The number of rotatable bonds is 3. The van der Waals surface area contributed by atoms with E-state index in [1.54, 1.807) is 0 Å². The van der Waals surface area contributed by atoms with Crippen LogP contribution >= 0.6 is 11.6 Å². The maximum Gasteiger partial charge on any atom is 0.0647 e. The molecular weight excluding hydrogens is 196 g/mol. The van der Waals surface area contributed by atoms with Gasteiger partial charge >= 0.3 is 0 Å².